The van der Waals surface area contributed by atoms with Crippen LogP contribution in [-0.2, 0) is 0 Å². The van der Waals surface area contributed by atoms with Gasteiger partial charge in [-0.25, -0.2) is 0 Å². The molecule has 1 heterocycles. The normalized spacial score (nSPS) is 12.5. The molecule has 1 aromatic carbocycles. The Morgan fingerprint density at radius 3 is 2.37 bits per heavy atom. The first-order valence-corrected chi connectivity index (χ1v) is 6.57. The van der Waals surface area contributed by atoms with Gasteiger partial charge in [-0.1, -0.05) is 39.9 Å². The summed E-state index contributed by atoms with van der Waals surface area (Å²) in [6.45, 7) is 1.90. The van der Waals surface area contributed by atoms with E-state index in [0.717, 1.165) is 0 Å². The zero-order valence-corrected chi connectivity index (χ0v) is 12.4. The summed E-state index contributed by atoms with van der Waals surface area (Å²) >= 11 is 17.9. The summed E-state index contributed by atoms with van der Waals surface area (Å²) < 4.78 is 5.43. The van der Waals surface area contributed by atoms with Crippen molar-refractivity contribution in [3.05, 3.63) is 33.1 Å². The van der Waals surface area contributed by atoms with Crippen LogP contribution in [0.25, 0.3) is 0 Å². The number of rotatable bonds is 4. The molecule has 8 heteroatoms. The highest BCUT2D eigenvalue weighted by molar-refractivity contribution is 6.41. The fraction of sp³-hybridized carbons (Fsp3) is 0.273. The number of nitrogens with one attached hydrogen (secondary N) is 2. The Morgan fingerprint density at radius 1 is 1.16 bits per heavy atom. The average molecular weight is 322 g/mol. The first-order valence-electron chi connectivity index (χ1n) is 5.43. The van der Waals surface area contributed by atoms with Crippen molar-refractivity contribution in [3.8, 4) is 0 Å². The highest BCUT2D eigenvalue weighted by Crippen LogP contribution is 2.35. The van der Waals surface area contributed by atoms with E-state index in [1.807, 2.05) is 6.92 Å². The minimum atomic E-state index is -0.0424. The van der Waals surface area contributed by atoms with Crippen molar-refractivity contribution in [1.82, 2.24) is 15.5 Å². The summed E-state index contributed by atoms with van der Waals surface area (Å²) in [5.74, 6) is 0.464. The van der Waals surface area contributed by atoms with Gasteiger partial charge in [-0.05, 0) is 26.1 Å². The number of anilines is 2. The van der Waals surface area contributed by atoms with Crippen molar-refractivity contribution < 1.29 is 4.42 Å². The molecule has 2 rings (SSSR count). The second-order valence-corrected chi connectivity index (χ2v) is 5.08. The van der Waals surface area contributed by atoms with Crippen LogP contribution in [0.4, 0.5) is 11.7 Å². The maximum Gasteiger partial charge on any atom is 0.320 e. The van der Waals surface area contributed by atoms with Crippen LogP contribution in [0, 0.1) is 0 Å². The number of nitrogens with zero attached hydrogens (tertiary/aromatic N) is 2. The molecule has 0 aliphatic heterocycles. The van der Waals surface area contributed by atoms with E-state index < -0.39 is 0 Å². The predicted molar refractivity (Wildman–Crippen MR) is 76.5 cm³/mol. The third kappa shape index (κ3) is 3.30. The van der Waals surface area contributed by atoms with Gasteiger partial charge < -0.3 is 15.1 Å². The average Bonchev–Trinajstić information content (AvgIpc) is 2.81. The van der Waals surface area contributed by atoms with Crippen LogP contribution in [0.2, 0.25) is 15.1 Å². The van der Waals surface area contributed by atoms with Gasteiger partial charge in [0.25, 0.3) is 0 Å². The first-order chi connectivity index (χ1) is 9.01. The Balaban J connectivity index is 2.24. The molecule has 5 nitrogen and oxygen atoms in total. The number of halogens is 3. The molecule has 0 saturated carbocycles. The number of benzene rings is 1. The molecule has 0 radical (unpaired) electrons. The Bertz CT molecular complexity index is 564. The van der Waals surface area contributed by atoms with E-state index in [1.54, 1.807) is 19.2 Å². The molecule has 2 N–H and O–H groups in total. The second-order valence-electron chi connectivity index (χ2n) is 3.83. The first kappa shape index (κ1) is 14.4. The van der Waals surface area contributed by atoms with E-state index in [1.165, 1.54) is 0 Å². The van der Waals surface area contributed by atoms with Crippen molar-refractivity contribution in [1.29, 1.82) is 0 Å². The monoisotopic (exact) mass is 320 g/mol. The quantitative estimate of drug-likeness (QED) is 0.889. The summed E-state index contributed by atoms with van der Waals surface area (Å²) in [7, 11) is 1.80. The Labute approximate surface area is 125 Å². The summed E-state index contributed by atoms with van der Waals surface area (Å²) in [6, 6.07) is 3.32. The molecule has 0 fully saturated rings. The lowest BCUT2D eigenvalue weighted by Gasteiger charge is -2.07. The van der Waals surface area contributed by atoms with Gasteiger partial charge in [-0.2, -0.15) is 0 Å². The van der Waals surface area contributed by atoms with Crippen LogP contribution in [0.15, 0.2) is 16.5 Å². The largest absolute Gasteiger partial charge is 0.406 e. The molecule has 0 bridgehead atoms. The maximum atomic E-state index is 6.05. The molecular formula is C11H11Cl3N4O. The molecule has 2 aromatic rings. The Morgan fingerprint density at radius 2 is 1.79 bits per heavy atom. The Hall–Kier alpha value is -1.01. The lowest BCUT2D eigenvalue weighted by molar-refractivity contribution is 0.443. The minimum absolute atomic E-state index is 0.0424. The zero-order valence-electron chi connectivity index (χ0n) is 10.2. The van der Waals surface area contributed by atoms with E-state index in [9.17, 15) is 0 Å². The van der Waals surface area contributed by atoms with Gasteiger partial charge in [0.15, 0.2) is 0 Å². The maximum absolute atomic E-state index is 6.05. The topological polar surface area (TPSA) is 63.0 Å². The molecule has 19 heavy (non-hydrogen) atoms. The highest BCUT2D eigenvalue weighted by Gasteiger charge is 2.14. The van der Waals surface area contributed by atoms with Crippen molar-refractivity contribution in [3.63, 3.8) is 0 Å². The molecule has 1 aromatic heterocycles. The molecule has 0 amide bonds. The van der Waals surface area contributed by atoms with Gasteiger partial charge in [-0.3, -0.25) is 0 Å². The van der Waals surface area contributed by atoms with E-state index in [0.29, 0.717) is 26.6 Å². The number of hydrogen-bond acceptors (Lipinski definition) is 5. The lowest BCUT2D eigenvalue weighted by Crippen LogP contribution is -2.12. The van der Waals surface area contributed by atoms with E-state index in [4.69, 9.17) is 39.2 Å². The molecule has 0 saturated heterocycles. The van der Waals surface area contributed by atoms with Gasteiger partial charge in [0.05, 0.1) is 21.8 Å². The van der Waals surface area contributed by atoms with Gasteiger partial charge in [0.2, 0.25) is 5.89 Å². The summed E-state index contributed by atoms with van der Waals surface area (Å²) in [5.41, 5.74) is 0.472. The van der Waals surface area contributed by atoms with Crippen LogP contribution in [-0.4, -0.2) is 17.2 Å². The van der Waals surface area contributed by atoms with E-state index >= 15 is 0 Å². The minimum Gasteiger partial charge on any atom is -0.406 e. The zero-order chi connectivity index (χ0) is 14.0. The van der Waals surface area contributed by atoms with Gasteiger partial charge in [0, 0.05) is 5.02 Å². The SMILES string of the molecule is CNC(C)c1nnc(Nc2c(Cl)cc(Cl)cc2Cl)o1. The summed E-state index contributed by atoms with van der Waals surface area (Å²) in [6.07, 6.45) is 0. The molecule has 102 valence electrons. The molecule has 0 aliphatic carbocycles. The summed E-state index contributed by atoms with van der Waals surface area (Å²) in [5, 5.41) is 14.8. The second kappa shape index (κ2) is 5.96. The van der Waals surface area contributed by atoms with Crippen LogP contribution in [0.5, 0.6) is 0 Å². The van der Waals surface area contributed by atoms with Crippen LogP contribution in [0.1, 0.15) is 18.9 Å². The molecule has 1 atom stereocenters. The number of hydrogen-bond donors (Lipinski definition) is 2. The predicted octanol–water partition coefficient (Wildman–Crippen LogP) is 4.05. The smallest absolute Gasteiger partial charge is 0.320 e. The highest BCUT2D eigenvalue weighted by atomic mass is 35.5. The molecular weight excluding hydrogens is 311 g/mol. The fourth-order valence-corrected chi connectivity index (χ4v) is 2.26. The van der Waals surface area contributed by atoms with E-state index in [-0.39, 0.29) is 12.1 Å². The van der Waals surface area contributed by atoms with Gasteiger partial charge >= 0.3 is 6.01 Å². The third-order valence-corrected chi connectivity index (χ3v) is 3.30. The van der Waals surface area contributed by atoms with Crippen molar-refractivity contribution in [2.75, 3.05) is 12.4 Å². The number of aromatic nitrogens is 2. The molecule has 1 unspecified atom stereocenters. The molecule has 0 spiro atoms. The van der Waals surface area contributed by atoms with Crippen LogP contribution in [0.3, 0.4) is 0 Å². The third-order valence-electron chi connectivity index (χ3n) is 2.48. The van der Waals surface area contributed by atoms with Crippen LogP contribution < -0.4 is 10.6 Å². The van der Waals surface area contributed by atoms with Crippen molar-refractivity contribution >= 4 is 46.5 Å². The Kier molecular flexibility index (Phi) is 4.52. The van der Waals surface area contributed by atoms with Crippen molar-refractivity contribution in [2.45, 2.75) is 13.0 Å². The standard InChI is InChI=1S/C11H11Cl3N4O/c1-5(15-2)10-17-18-11(19-10)16-9-7(13)3-6(12)4-8(9)14/h3-5,15H,1-2H3,(H,16,18). The lowest BCUT2D eigenvalue weighted by atomic mass is 10.3. The summed E-state index contributed by atoms with van der Waals surface area (Å²) in [4.78, 5) is 0. The van der Waals surface area contributed by atoms with Crippen molar-refractivity contribution in [2.24, 2.45) is 0 Å². The van der Waals surface area contributed by atoms with Gasteiger partial charge in [0.1, 0.15) is 0 Å². The van der Waals surface area contributed by atoms with Crippen LogP contribution >= 0.6 is 34.8 Å². The fourth-order valence-electron chi connectivity index (χ4n) is 1.35. The van der Waals surface area contributed by atoms with E-state index in [2.05, 4.69) is 20.8 Å². The van der Waals surface area contributed by atoms with Gasteiger partial charge in [-0.15, -0.1) is 5.10 Å². The molecule has 0 aliphatic rings.